The molecule has 1 atom stereocenters. The van der Waals surface area contributed by atoms with E-state index in [1.807, 2.05) is 0 Å². The molecule has 3 nitrogen and oxygen atoms in total. The minimum Gasteiger partial charge on any atom is -0.308 e. The van der Waals surface area contributed by atoms with Crippen molar-refractivity contribution in [2.45, 2.75) is 6.04 Å². The average molecular weight is 320 g/mol. The second kappa shape index (κ2) is 5.16. The van der Waals surface area contributed by atoms with E-state index < -0.39 is 17.7 Å². The van der Waals surface area contributed by atoms with Gasteiger partial charge in [0, 0.05) is 10.9 Å². The number of nitrogens with one attached hydrogen (secondary N) is 1. The topological polar surface area (TPSA) is 37.8 Å². The molecule has 90 valence electrons. The van der Waals surface area contributed by atoms with Crippen molar-refractivity contribution in [3.05, 3.63) is 44.9 Å². The number of halogens is 3. The van der Waals surface area contributed by atoms with E-state index in [-0.39, 0.29) is 10.0 Å². The Kier molecular flexibility index (Phi) is 3.80. The van der Waals surface area contributed by atoms with Gasteiger partial charge in [0.1, 0.15) is 11.6 Å². The summed E-state index contributed by atoms with van der Waals surface area (Å²) in [6.07, 6.45) is 0. The molecule has 1 heterocycles. The monoisotopic (exact) mass is 319 g/mol. The van der Waals surface area contributed by atoms with Gasteiger partial charge < -0.3 is 5.32 Å². The summed E-state index contributed by atoms with van der Waals surface area (Å²) < 4.78 is 31.5. The van der Waals surface area contributed by atoms with Crippen LogP contribution >= 0.6 is 27.5 Å². The van der Waals surface area contributed by atoms with Gasteiger partial charge in [-0.15, -0.1) is 5.10 Å². The molecule has 0 aliphatic heterocycles. The Bertz CT molecular complexity index is 519. The average Bonchev–Trinajstić information content (AvgIpc) is 2.83. The quantitative estimate of drug-likeness (QED) is 0.884. The molecule has 17 heavy (non-hydrogen) atoms. The fraction of sp³-hybridized carbons (Fsp3) is 0.200. The number of benzene rings is 1. The molecule has 7 heteroatoms. The predicted octanol–water partition coefficient (Wildman–Crippen LogP) is 2.89. The van der Waals surface area contributed by atoms with Gasteiger partial charge in [-0.3, -0.25) is 0 Å². The molecule has 0 saturated carbocycles. The summed E-state index contributed by atoms with van der Waals surface area (Å²) in [6.45, 7) is 0. The summed E-state index contributed by atoms with van der Waals surface area (Å²) in [4.78, 5) is 0. The predicted molar refractivity (Wildman–Crippen MR) is 64.9 cm³/mol. The zero-order valence-corrected chi connectivity index (χ0v) is 11.1. The van der Waals surface area contributed by atoms with Gasteiger partial charge in [0.2, 0.25) is 0 Å². The smallest absolute Gasteiger partial charge is 0.145 e. The van der Waals surface area contributed by atoms with E-state index in [4.69, 9.17) is 0 Å². The molecular formula is C10H8BrF2N3S. The molecule has 0 bridgehead atoms. The first kappa shape index (κ1) is 12.5. The second-order valence-corrected chi connectivity index (χ2v) is 4.77. The summed E-state index contributed by atoms with van der Waals surface area (Å²) >= 11 is 4.17. The van der Waals surface area contributed by atoms with Crippen molar-refractivity contribution in [3.8, 4) is 0 Å². The molecule has 2 rings (SSSR count). The molecule has 0 radical (unpaired) electrons. The molecule has 2 aromatic rings. The van der Waals surface area contributed by atoms with Gasteiger partial charge >= 0.3 is 0 Å². The van der Waals surface area contributed by atoms with Crippen molar-refractivity contribution in [3.63, 3.8) is 0 Å². The second-order valence-electron chi connectivity index (χ2n) is 3.31. The first-order valence-corrected chi connectivity index (χ1v) is 6.35. The van der Waals surface area contributed by atoms with E-state index in [1.54, 1.807) is 12.4 Å². The third-order valence-electron chi connectivity index (χ3n) is 2.33. The van der Waals surface area contributed by atoms with Crippen molar-refractivity contribution in [1.29, 1.82) is 0 Å². The Hall–Kier alpha value is -0.920. The fourth-order valence-corrected chi connectivity index (χ4v) is 2.37. The summed E-state index contributed by atoms with van der Waals surface area (Å²) in [7, 11) is 1.61. The van der Waals surface area contributed by atoms with Crippen LogP contribution < -0.4 is 5.32 Å². The molecule has 0 aliphatic rings. The summed E-state index contributed by atoms with van der Waals surface area (Å²) in [5.74, 6) is -1.24. The highest BCUT2D eigenvalue weighted by Crippen LogP contribution is 2.29. The molecule has 1 N–H and O–H groups in total. The van der Waals surface area contributed by atoms with Gasteiger partial charge in [0.25, 0.3) is 0 Å². The zero-order valence-electron chi connectivity index (χ0n) is 8.75. The summed E-state index contributed by atoms with van der Waals surface area (Å²) in [6, 6.07) is 1.90. The largest absolute Gasteiger partial charge is 0.308 e. The van der Waals surface area contributed by atoms with Gasteiger partial charge in [-0.25, -0.2) is 8.78 Å². The number of nitrogens with zero attached hydrogens (tertiary/aromatic N) is 2. The Morgan fingerprint density at radius 3 is 2.76 bits per heavy atom. The van der Waals surface area contributed by atoms with Crippen LogP contribution in [0.3, 0.4) is 0 Å². The molecule has 1 unspecified atom stereocenters. The van der Waals surface area contributed by atoms with E-state index in [1.165, 1.54) is 12.1 Å². The lowest BCUT2D eigenvalue weighted by molar-refractivity contribution is 0.514. The lowest BCUT2D eigenvalue weighted by Crippen LogP contribution is -2.21. The van der Waals surface area contributed by atoms with E-state index >= 15 is 0 Å². The normalized spacial score (nSPS) is 12.7. The number of hydrogen-bond acceptors (Lipinski definition) is 4. The number of aromatic nitrogens is 2. The Morgan fingerprint density at radius 1 is 1.41 bits per heavy atom. The maximum Gasteiger partial charge on any atom is 0.145 e. The lowest BCUT2D eigenvalue weighted by Gasteiger charge is -2.16. The van der Waals surface area contributed by atoms with Gasteiger partial charge in [-0.05, 0) is 46.6 Å². The van der Waals surface area contributed by atoms with Crippen molar-refractivity contribution in [1.82, 2.24) is 14.9 Å². The Morgan fingerprint density at radius 2 is 2.18 bits per heavy atom. The third kappa shape index (κ3) is 2.36. The van der Waals surface area contributed by atoms with E-state index in [2.05, 4.69) is 30.8 Å². The fourth-order valence-electron chi connectivity index (χ4n) is 1.55. The zero-order chi connectivity index (χ0) is 12.4. The van der Waals surface area contributed by atoms with Crippen molar-refractivity contribution in [2.24, 2.45) is 0 Å². The van der Waals surface area contributed by atoms with Crippen LogP contribution in [0.4, 0.5) is 8.78 Å². The SMILES string of the molecule is CNC(c1csnn1)c1c(F)ccc(Br)c1F. The molecule has 0 spiro atoms. The molecule has 0 amide bonds. The molecule has 0 aliphatic carbocycles. The molecular weight excluding hydrogens is 312 g/mol. The number of hydrogen-bond donors (Lipinski definition) is 1. The lowest BCUT2D eigenvalue weighted by atomic mass is 10.0. The highest BCUT2D eigenvalue weighted by Gasteiger charge is 2.24. The molecule has 1 aromatic heterocycles. The van der Waals surface area contributed by atoms with Crippen molar-refractivity contribution < 1.29 is 8.78 Å². The Balaban J connectivity index is 2.55. The van der Waals surface area contributed by atoms with Crippen LogP contribution in [-0.4, -0.2) is 16.6 Å². The maximum atomic E-state index is 13.9. The van der Waals surface area contributed by atoms with Crippen LogP contribution in [-0.2, 0) is 0 Å². The standard InChI is InChI=1S/C10H8BrF2N3S/c1-14-10(7-4-17-16-15-7)8-6(12)3-2-5(11)9(8)13/h2-4,10,14H,1H3. The minimum atomic E-state index is -0.647. The maximum absolute atomic E-state index is 13.9. The van der Waals surface area contributed by atoms with Crippen LogP contribution in [0.2, 0.25) is 0 Å². The third-order valence-corrected chi connectivity index (χ3v) is 3.46. The summed E-state index contributed by atoms with van der Waals surface area (Å²) in [5, 5.41) is 8.32. The van der Waals surface area contributed by atoms with Crippen LogP contribution in [0.1, 0.15) is 17.3 Å². The van der Waals surface area contributed by atoms with Crippen molar-refractivity contribution >= 4 is 27.5 Å². The van der Waals surface area contributed by atoms with Crippen LogP contribution in [0, 0.1) is 11.6 Å². The van der Waals surface area contributed by atoms with Gasteiger partial charge in [-0.1, -0.05) is 4.49 Å². The summed E-state index contributed by atoms with van der Waals surface area (Å²) in [5.41, 5.74) is 0.433. The minimum absolute atomic E-state index is 0.0606. The van der Waals surface area contributed by atoms with Gasteiger partial charge in [0.15, 0.2) is 0 Å². The van der Waals surface area contributed by atoms with Crippen LogP contribution in [0.15, 0.2) is 22.0 Å². The molecule has 0 fully saturated rings. The van der Waals surface area contributed by atoms with Gasteiger partial charge in [0.05, 0.1) is 16.2 Å². The number of rotatable bonds is 3. The van der Waals surface area contributed by atoms with E-state index in [0.717, 1.165) is 11.5 Å². The van der Waals surface area contributed by atoms with Crippen molar-refractivity contribution in [2.75, 3.05) is 7.05 Å². The highest BCUT2D eigenvalue weighted by molar-refractivity contribution is 9.10. The van der Waals surface area contributed by atoms with Crippen LogP contribution in [0.25, 0.3) is 0 Å². The first-order valence-electron chi connectivity index (χ1n) is 4.72. The molecule has 1 aromatic carbocycles. The highest BCUT2D eigenvalue weighted by atomic mass is 79.9. The first-order chi connectivity index (χ1) is 8.15. The molecule has 0 saturated heterocycles. The van der Waals surface area contributed by atoms with E-state index in [9.17, 15) is 8.78 Å². The van der Waals surface area contributed by atoms with Crippen LogP contribution in [0.5, 0.6) is 0 Å². The van der Waals surface area contributed by atoms with E-state index in [0.29, 0.717) is 5.69 Å². The van der Waals surface area contributed by atoms with Gasteiger partial charge in [-0.2, -0.15) is 0 Å². The Labute approximate surface area is 109 Å².